The number of ether oxygens (including phenoxy) is 1. The lowest BCUT2D eigenvalue weighted by Crippen LogP contribution is -2.22. The molecule has 1 heterocycles. The van der Waals surface area contributed by atoms with Crippen molar-refractivity contribution < 1.29 is 19.6 Å². The molecule has 2 fully saturated rings. The van der Waals surface area contributed by atoms with Crippen molar-refractivity contribution in [3.63, 3.8) is 0 Å². The standard InChI is InChI=1S/C17H19N3O5S/c1-25-13-8-10(7-12(15(13)21)20(23)24)9-14-16(22)19-17(26-14)18-11-5-3-2-4-6-11/h7-9,11,21H,2-6H2,1H3,(H,18,19,22). The zero-order valence-corrected chi connectivity index (χ0v) is 15.0. The van der Waals surface area contributed by atoms with Gasteiger partial charge in [0.25, 0.3) is 5.91 Å². The van der Waals surface area contributed by atoms with Crippen LogP contribution in [-0.2, 0) is 4.79 Å². The molecule has 1 aliphatic heterocycles. The summed E-state index contributed by atoms with van der Waals surface area (Å²) in [6, 6.07) is 2.88. The van der Waals surface area contributed by atoms with Gasteiger partial charge in [-0.3, -0.25) is 19.9 Å². The third-order valence-electron chi connectivity index (χ3n) is 4.32. The summed E-state index contributed by atoms with van der Waals surface area (Å²) in [7, 11) is 1.31. The average molecular weight is 377 g/mol. The van der Waals surface area contributed by atoms with Crippen LogP contribution in [0.15, 0.2) is 22.0 Å². The number of nitro benzene ring substituents is 1. The number of nitrogens with one attached hydrogen (secondary N) is 1. The monoisotopic (exact) mass is 377 g/mol. The van der Waals surface area contributed by atoms with Gasteiger partial charge in [0.1, 0.15) is 0 Å². The highest BCUT2D eigenvalue weighted by atomic mass is 32.2. The molecule has 138 valence electrons. The second-order valence-corrected chi connectivity index (χ2v) is 7.17. The number of amidine groups is 1. The number of carbonyl (C=O) groups excluding carboxylic acids is 1. The zero-order chi connectivity index (χ0) is 18.7. The molecule has 2 N–H and O–H groups in total. The molecule has 9 heteroatoms. The third kappa shape index (κ3) is 3.98. The first-order valence-corrected chi connectivity index (χ1v) is 9.13. The first-order valence-electron chi connectivity index (χ1n) is 8.32. The predicted molar refractivity (Wildman–Crippen MR) is 99.3 cm³/mol. The summed E-state index contributed by atoms with van der Waals surface area (Å²) in [6.07, 6.45) is 7.12. The highest BCUT2D eigenvalue weighted by Crippen LogP contribution is 2.38. The van der Waals surface area contributed by atoms with Gasteiger partial charge in [0, 0.05) is 6.07 Å². The molecule has 1 amide bonds. The van der Waals surface area contributed by atoms with E-state index in [1.54, 1.807) is 0 Å². The van der Waals surface area contributed by atoms with Gasteiger partial charge in [0.2, 0.25) is 5.75 Å². The number of hydrogen-bond donors (Lipinski definition) is 2. The number of hydrogen-bond acceptors (Lipinski definition) is 7. The highest BCUT2D eigenvalue weighted by Gasteiger charge is 2.26. The van der Waals surface area contributed by atoms with Gasteiger partial charge in [-0.1, -0.05) is 19.3 Å². The van der Waals surface area contributed by atoms with Crippen LogP contribution in [-0.4, -0.2) is 34.3 Å². The number of amides is 1. The fourth-order valence-electron chi connectivity index (χ4n) is 3.01. The summed E-state index contributed by atoms with van der Waals surface area (Å²) in [5, 5.41) is 24.2. The molecule has 0 radical (unpaired) electrons. The van der Waals surface area contributed by atoms with Crippen LogP contribution < -0.4 is 10.1 Å². The van der Waals surface area contributed by atoms with Crippen molar-refractivity contribution in [1.82, 2.24) is 5.32 Å². The number of nitro groups is 1. The van der Waals surface area contributed by atoms with E-state index in [4.69, 9.17) is 4.74 Å². The quantitative estimate of drug-likeness (QED) is 0.473. The Kier molecular flexibility index (Phi) is 5.46. The maximum Gasteiger partial charge on any atom is 0.315 e. The predicted octanol–water partition coefficient (Wildman–Crippen LogP) is 3.20. The van der Waals surface area contributed by atoms with Gasteiger partial charge in [-0.25, -0.2) is 0 Å². The molecule has 3 rings (SSSR count). The average Bonchev–Trinajstić information content (AvgIpc) is 2.96. The minimum atomic E-state index is -0.697. The molecule has 8 nitrogen and oxygen atoms in total. The van der Waals surface area contributed by atoms with Gasteiger partial charge in [0.05, 0.1) is 23.0 Å². The molecule has 0 unspecified atom stereocenters. The first kappa shape index (κ1) is 18.2. The van der Waals surface area contributed by atoms with E-state index >= 15 is 0 Å². The number of methoxy groups -OCH3 is 1. The smallest absolute Gasteiger partial charge is 0.315 e. The molecule has 26 heavy (non-hydrogen) atoms. The minimum absolute atomic E-state index is 0.0226. The van der Waals surface area contributed by atoms with Crippen LogP contribution in [0, 0.1) is 10.1 Å². The normalized spacial score (nSPS) is 21.2. The maximum atomic E-state index is 12.2. The molecule has 1 saturated carbocycles. The van der Waals surface area contributed by atoms with Crippen molar-refractivity contribution in [3.8, 4) is 11.5 Å². The van der Waals surface area contributed by atoms with Gasteiger partial charge in [0.15, 0.2) is 10.9 Å². The number of carbonyl (C=O) groups is 1. The summed E-state index contributed by atoms with van der Waals surface area (Å²) in [5.41, 5.74) is -0.0846. The summed E-state index contributed by atoms with van der Waals surface area (Å²) in [6.45, 7) is 0. The molecular formula is C17H19N3O5S. The Morgan fingerprint density at radius 3 is 2.77 bits per heavy atom. The lowest BCUT2D eigenvalue weighted by Gasteiger charge is -2.17. The Bertz CT molecular complexity index is 800. The second kappa shape index (κ2) is 7.77. The number of phenolic OH excluding ortho intramolecular Hbond substituents is 1. The van der Waals surface area contributed by atoms with E-state index in [0.717, 1.165) is 25.7 Å². The highest BCUT2D eigenvalue weighted by molar-refractivity contribution is 8.18. The van der Waals surface area contributed by atoms with Gasteiger partial charge in [-0.05, 0) is 42.3 Å². The van der Waals surface area contributed by atoms with Gasteiger partial charge in [-0.15, -0.1) is 0 Å². The summed E-state index contributed by atoms with van der Waals surface area (Å²) >= 11 is 1.22. The van der Waals surface area contributed by atoms with Gasteiger partial charge in [-0.2, -0.15) is 0 Å². The second-order valence-electron chi connectivity index (χ2n) is 6.14. The zero-order valence-electron chi connectivity index (χ0n) is 14.2. The van der Waals surface area contributed by atoms with Crippen LogP contribution in [0.2, 0.25) is 0 Å². The topological polar surface area (TPSA) is 114 Å². The van der Waals surface area contributed by atoms with Crippen LogP contribution >= 0.6 is 11.8 Å². The number of rotatable bonds is 4. The minimum Gasteiger partial charge on any atom is -0.500 e. The van der Waals surface area contributed by atoms with E-state index in [9.17, 15) is 20.0 Å². The molecule has 0 bridgehead atoms. The fourth-order valence-corrected chi connectivity index (χ4v) is 3.90. The molecular weight excluding hydrogens is 358 g/mol. The van der Waals surface area contributed by atoms with Crippen molar-refractivity contribution in [1.29, 1.82) is 0 Å². The molecule has 1 aromatic rings. The Hall–Kier alpha value is -2.55. The van der Waals surface area contributed by atoms with E-state index in [2.05, 4.69) is 10.3 Å². The summed E-state index contributed by atoms with van der Waals surface area (Å²) in [4.78, 5) is 27.6. The van der Waals surface area contributed by atoms with Crippen molar-refractivity contribution in [3.05, 3.63) is 32.7 Å². The molecule has 0 atom stereocenters. The molecule has 1 aliphatic carbocycles. The first-order chi connectivity index (χ1) is 12.5. The maximum absolute atomic E-state index is 12.2. The number of thioether (sulfide) groups is 1. The Labute approximate surface area is 154 Å². The van der Waals surface area contributed by atoms with E-state index in [1.807, 2.05) is 0 Å². The van der Waals surface area contributed by atoms with Gasteiger partial charge < -0.3 is 15.2 Å². The SMILES string of the molecule is COc1cc(C=C2SC(=NC3CCCCC3)NC2=O)cc([N+](=O)[O-])c1O. The Balaban J connectivity index is 1.85. The van der Waals surface area contributed by atoms with Crippen LogP contribution in [0.1, 0.15) is 37.7 Å². The summed E-state index contributed by atoms with van der Waals surface area (Å²) < 4.78 is 4.97. The van der Waals surface area contributed by atoms with E-state index in [-0.39, 0.29) is 17.7 Å². The lowest BCUT2D eigenvalue weighted by molar-refractivity contribution is -0.386. The lowest BCUT2D eigenvalue weighted by atomic mass is 9.96. The van der Waals surface area contributed by atoms with E-state index < -0.39 is 16.4 Å². The fraction of sp³-hybridized carbons (Fsp3) is 0.412. The number of nitrogens with zero attached hydrogens (tertiary/aromatic N) is 2. The number of aromatic hydroxyl groups is 1. The number of phenols is 1. The van der Waals surface area contributed by atoms with Crippen molar-refractivity contribution in [2.45, 2.75) is 38.1 Å². The third-order valence-corrected chi connectivity index (χ3v) is 5.24. The van der Waals surface area contributed by atoms with Crippen LogP contribution in [0.5, 0.6) is 11.5 Å². The van der Waals surface area contributed by atoms with Crippen LogP contribution in [0.3, 0.4) is 0 Å². The molecule has 2 aliphatic rings. The van der Waals surface area contributed by atoms with Crippen molar-refractivity contribution in [2.75, 3.05) is 7.11 Å². The van der Waals surface area contributed by atoms with Crippen LogP contribution in [0.25, 0.3) is 6.08 Å². The van der Waals surface area contributed by atoms with Crippen molar-refractivity contribution in [2.24, 2.45) is 4.99 Å². The summed E-state index contributed by atoms with van der Waals surface area (Å²) in [5.74, 6) is -0.854. The van der Waals surface area contributed by atoms with E-state index in [1.165, 1.54) is 43.5 Å². The Morgan fingerprint density at radius 2 is 2.12 bits per heavy atom. The molecule has 1 aromatic carbocycles. The van der Waals surface area contributed by atoms with Crippen molar-refractivity contribution >= 4 is 34.6 Å². The molecule has 0 aromatic heterocycles. The molecule has 1 saturated heterocycles. The number of aliphatic imine (C=N–C) groups is 1. The number of benzene rings is 1. The largest absolute Gasteiger partial charge is 0.500 e. The van der Waals surface area contributed by atoms with Crippen LogP contribution in [0.4, 0.5) is 5.69 Å². The molecule has 0 spiro atoms. The van der Waals surface area contributed by atoms with E-state index in [0.29, 0.717) is 15.6 Å². The van der Waals surface area contributed by atoms with Gasteiger partial charge >= 0.3 is 5.69 Å². The Morgan fingerprint density at radius 1 is 1.38 bits per heavy atom.